The second kappa shape index (κ2) is 21.2. The number of Topliss-reactive ketones (excluding diaryl/α,β-unsaturated/α-hetero) is 1. The van der Waals surface area contributed by atoms with Crippen molar-refractivity contribution in [3.05, 3.63) is 75.9 Å². The van der Waals surface area contributed by atoms with E-state index in [2.05, 4.69) is 39.5 Å². The highest BCUT2D eigenvalue weighted by Gasteiger charge is 2.51. The minimum absolute atomic E-state index is 0.718. The van der Waals surface area contributed by atoms with Crippen LogP contribution < -0.4 is 0 Å². The second-order valence-corrected chi connectivity index (χ2v) is 9.94. The zero-order valence-electron chi connectivity index (χ0n) is 26.5. The van der Waals surface area contributed by atoms with Gasteiger partial charge in [-0.15, -0.1) is 0 Å². The molecular weight excluding hydrogens is 662 g/mol. The van der Waals surface area contributed by atoms with Gasteiger partial charge < -0.3 is 33.2 Å². The number of carbonyl (C=O) groups is 8. The highest BCUT2D eigenvalue weighted by atomic mass is 19.3. The number of ketones is 1. The van der Waals surface area contributed by atoms with Crippen molar-refractivity contribution in [1.82, 2.24) is 0 Å². The summed E-state index contributed by atoms with van der Waals surface area (Å²) in [5, 5.41) is 0. The van der Waals surface area contributed by atoms with Gasteiger partial charge >= 0.3 is 47.7 Å². The minimum atomic E-state index is -4.86. The van der Waals surface area contributed by atoms with E-state index in [1.54, 1.807) is 0 Å². The molecule has 15 nitrogen and oxygen atoms in total. The van der Waals surface area contributed by atoms with Gasteiger partial charge in [0.25, 0.3) is 0 Å². The van der Waals surface area contributed by atoms with Crippen LogP contribution >= 0.6 is 0 Å². The average Bonchev–Trinajstić information content (AvgIpc) is 3.11. The van der Waals surface area contributed by atoms with Crippen molar-refractivity contribution in [3.8, 4) is 0 Å². The van der Waals surface area contributed by atoms with Crippen LogP contribution in [-0.4, -0.2) is 99.7 Å². The maximum Gasteiger partial charge on any atom is 0.399 e. The first-order valence-corrected chi connectivity index (χ1v) is 13.8. The van der Waals surface area contributed by atoms with E-state index in [1.165, 1.54) is 0 Å². The maximum atomic E-state index is 15.2. The lowest BCUT2D eigenvalue weighted by atomic mass is 9.84. The van der Waals surface area contributed by atoms with Gasteiger partial charge in [-0.05, 0) is 6.42 Å². The molecule has 0 aromatic heterocycles. The molecule has 0 aromatic carbocycles. The number of hydrogen-bond acceptors (Lipinski definition) is 15. The Morgan fingerprint density at radius 2 is 0.673 bits per heavy atom. The molecule has 0 N–H and O–H groups in total. The fraction of sp³-hybridized carbons (Fsp3) is 0.375. The molecule has 0 heterocycles. The maximum absolute atomic E-state index is 15.2. The standard InChI is InChI=1S/C32H36F2O15/c1-7-23(36)43-15-30(16-44-24(37)8-2,17-45-25(38)9-3)14-13-22(35)32(33,34)29(42)49-21-31(18-46-26(39)10-4,19-47-27(40)11-5)20-48-28(41)12-6/h7-12H,1-6,13-21H2. The number of rotatable bonds is 25. The summed E-state index contributed by atoms with van der Waals surface area (Å²) in [5.74, 6) is -15.5. The van der Waals surface area contributed by atoms with E-state index in [0.717, 1.165) is 36.5 Å². The fourth-order valence-electron chi connectivity index (χ4n) is 3.25. The summed E-state index contributed by atoms with van der Waals surface area (Å²) < 4.78 is 64.6. The summed E-state index contributed by atoms with van der Waals surface area (Å²) in [6.07, 6.45) is 2.55. The molecule has 0 aliphatic rings. The quantitative estimate of drug-likeness (QED) is 0.0578. The van der Waals surface area contributed by atoms with E-state index in [4.69, 9.17) is 33.2 Å². The van der Waals surface area contributed by atoms with Crippen LogP contribution in [0.4, 0.5) is 8.78 Å². The Bertz CT molecular complexity index is 1110. The Balaban J connectivity index is 6.28. The number of carbonyl (C=O) groups excluding carboxylic acids is 8. The number of ether oxygens (including phenoxy) is 7. The lowest BCUT2D eigenvalue weighted by Crippen LogP contribution is -2.47. The van der Waals surface area contributed by atoms with E-state index < -0.39 is 123 Å². The zero-order valence-corrected chi connectivity index (χ0v) is 26.5. The first-order valence-electron chi connectivity index (χ1n) is 13.8. The van der Waals surface area contributed by atoms with Crippen molar-refractivity contribution in [2.75, 3.05) is 46.2 Å². The monoisotopic (exact) mass is 698 g/mol. The third kappa shape index (κ3) is 15.6. The molecule has 0 aliphatic carbocycles. The number of hydrogen-bond donors (Lipinski definition) is 0. The second-order valence-electron chi connectivity index (χ2n) is 9.94. The van der Waals surface area contributed by atoms with E-state index in [1.807, 2.05) is 0 Å². The van der Waals surface area contributed by atoms with Crippen molar-refractivity contribution in [2.45, 2.75) is 18.8 Å². The van der Waals surface area contributed by atoms with Gasteiger partial charge in [-0.3, -0.25) is 4.79 Å². The highest BCUT2D eigenvalue weighted by molar-refractivity contribution is 6.05. The predicted octanol–water partition coefficient (Wildman–Crippen LogP) is 1.86. The highest BCUT2D eigenvalue weighted by Crippen LogP contribution is 2.31. The van der Waals surface area contributed by atoms with Gasteiger partial charge in [-0.25, -0.2) is 33.6 Å². The van der Waals surface area contributed by atoms with Crippen LogP contribution in [0, 0.1) is 10.8 Å². The Kier molecular flexibility index (Phi) is 18.7. The van der Waals surface area contributed by atoms with Gasteiger partial charge in [0.15, 0.2) is 0 Å². The molecule has 0 aliphatic heterocycles. The molecule has 0 fully saturated rings. The molecule has 0 atom stereocenters. The first-order chi connectivity index (χ1) is 23.0. The van der Waals surface area contributed by atoms with Crippen molar-refractivity contribution in [1.29, 1.82) is 0 Å². The Hall–Kier alpha value is -5.74. The average molecular weight is 699 g/mol. The van der Waals surface area contributed by atoms with Gasteiger partial charge in [0.05, 0.1) is 5.41 Å². The van der Waals surface area contributed by atoms with Crippen LogP contribution in [0.5, 0.6) is 0 Å². The Labute approximate surface area is 279 Å². The van der Waals surface area contributed by atoms with E-state index >= 15 is 8.78 Å². The molecule has 0 saturated heterocycles. The summed E-state index contributed by atoms with van der Waals surface area (Å²) >= 11 is 0. The van der Waals surface area contributed by atoms with Crippen LogP contribution in [-0.2, 0) is 71.5 Å². The van der Waals surface area contributed by atoms with Crippen molar-refractivity contribution in [2.24, 2.45) is 10.8 Å². The lowest BCUT2D eigenvalue weighted by molar-refractivity contribution is -0.185. The number of halogens is 2. The zero-order chi connectivity index (χ0) is 37.7. The molecule has 0 aromatic rings. The summed E-state index contributed by atoms with van der Waals surface area (Å²) in [4.78, 5) is 95.8. The molecule has 17 heteroatoms. The first kappa shape index (κ1) is 43.3. The number of alkyl halides is 2. The van der Waals surface area contributed by atoms with E-state index in [-0.39, 0.29) is 0 Å². The fourth-order valence-corrected chi connectivity index (χ4v) is 3.25. The van der Waals surface area contributed by atoms with Crippen LogP contribution in [0.2, 0.25) is 0 Å². The SMILES string of the molecule is C=CC(=O)OCC(CCC(=O)C(F)(F)C(=O)OCC(COC(=O)C=C)(COC(=O)C=C)COC(=O)C=C)(COC(=O)C=C)COC(=O)C=C. The molecule has 0 radical (unpaired) electrons. The third-order valence-electron chi connectivity index (χ3n) is 6.12. The molecule has 49 heavy (non-hydrogen) atoms. The predicted molar refractivity (Wildman–Crippen MR) is 162 cm³/mol. The van der Waals surface area contributed by atoms with E-state index in [0.29, 0.717) is 0 Å². The summed E-state index contributed by atoms with van der Waals surface area (Å²) in [5.41, 5.74) is -3.79. The van der Waals surface area contributed by atoms with Crippen molar-refractivity contribution < 1.29 is 80.3 Å². The van der Waals surface area contributed by atoms with Crippen LogP contribution in [0.25, 0.3) is 0 Å². The molecule has 0 rings (SSSR count). The van der Waals surface area contributed by atoms with Gasteiger partial charge in [0.1, 0.15) is 51.7 Å². The minimum Gasteiger partial charge on any atom is -0.462 e. The third-order valence-corrected chi connectivity index (χ3v) is 6.12. The van der Waals surface area contributed by atoms with Crippen LogP contribution in [0.1, 0.15) is 12.8 Å². The summed E-state index contributed by atoms with van der Waals surface area (Å²) in [7, 11) is 0. The van der Waals surface area contributed by atoms with Gasteiger partial charge in [-0.2, -0.15) is 8.78 Å². The normalized spacial score (nSPS) is 10.9. The van der Waals surface area contributed by atoms with Gasteiger partial charge in [-0.1, -0.05) is 39.5 Å². The lowest BCUT2D eigenvalue weighted by Gasteiger charge is -2.32. The topological polar surface area (TPSA) is 201 Å². The smallest absolute Gasteiger partial charge is 0.399 e. The Morgan fingerprint density at radius 3 is 0.939 bits per heavy atom. The van der Waals surface area contributed by atoms with Crippen molar-refractivity contribution in [3.63, 3.8) is 0 Å². The molecule has 0 bridgehead atoms. The molecule has 0 amide bonds. The molecule has 268 valence electrons. The van der Waals surface area contributed by atoms with Crippen LogP contribution in [0.15, 0.2) is 75.9 Å². The van der Waals surface area contributed by atoms with Gasteiger partial charge in [0.2, 0.25) is 5.78 Å². The molecule has 0 unspecified atom stereocenters. The largest absolute Gasteiger partial charge is 0.462 e. The summed E-state index contributed by atoms with van der Waals surface area (Å²) in [6, 6.07) is 0. The summed E-state index contributed by atoms with van der Waals surface area (Å²) in [6.45, 7) is 13.3. The Morgan fingerprint density at radius 1 is 0.429 bits per heavy atom. The van der Waals surface area contributed by atoms with Gasteiger partial charge in [0, 0.05) is 42.9 Å². The molecular formula is C32H36F2O15. The molecule has 0 saturated carbocycles. The number of esters is 7. The molecule has 0 spiro atoms. The van der Waals surface area contributed by atoms with Crippen molar-refractivity contribution >= 4 is 47.6 Å². The van der Waals surface area contributed by atoms with E-state index in [9.17, 15) is 38.4 Å². The van der Waals surface area contributed by atoms with Crippen LogP contribution in [0.3, 0.4) is 0 Å².